The molecule has 0 N–H and O–H groups in total. The van der Waals surface area contributed by atoms with Crippen LogP contribution in [0.2, 0.25) is 0 Å². The second-order valence-corrected chi connectivity index (χ2v) is 43.9. The van der Waals surface area contributed by atoms with Crippen molar-refractivity contribution in [3.63, 3.8) is 0 Å². The Hall–Kier alpha value is -6.54. The predicted molar refractivity (Wildman–Crippen MR) is 493 cm³/mol. The molecule has 0 radical (unpaired) electrons. The van der Waals surface area contributed by atoms with Crippen molar-refractivity contribution in [3.05, 3.63) is 0 Å². The minimum absolute atomic E-state index is 0.0186. The van der Waals surface area contributed by atoms with Crippen LogP contribution in [-0.4, -0.2) is 130 Å². The summed E-state index contributed by atoms with van der Waals surface area (Å²) >= 11 is 0. The van der Waals surface area contributed by atoms with Gasteiger partial charge in [-0.25, -0.2) is 0 Å². The molecular weight excluding hydrogens is 1820 g/mol. The smallest absolute Gasteiger partial charge is 0.299 e. The highest BCUT2D eigenvalue weighted by molar-refractivity contribution is 6.06. The Bertz CT molecular complexity index is 3770. The van der Waals surface area contributed by atoms with Crippen LogP contribution in [0.4, 0.5) is 79.0 Å². The number of carbonyl (C=O) groups excluding carboxylic acids is 16. The standard InChI is InChI=1S/C15H23F3O2.2C14H23F3O2.C13H21F3O2.C12H19F3O2.C12H22O2.C11H17F3O2.C11H20O2/c1-13(2,3)12(20)9-11(19)10-5-7-14(4,8-6-10)15(16,17)18;1-6-13(7-2,14(15,16)17)11(19)8-10(18)9-12(3,4)5;1-5-10(6-2)11(18)9-12(19)13(7-3,8-4)14(15,16)17;1-5-12(6-2,13(14,15)16)11(18)8-10(17)7-9(3)4;1-5-11(6-2,12(13,14)15)10(17)7-9(16)8(3)4;1-11(2,3)8-9(13)7-10(14)12(4,5)6;1-7(11(12,13)14)5-8(15)6-9(16)10(2,3)4;1-8(2)6-9(12)7-10(13)11(3,4)5/h10H,5-9H2,1-4H3;6-9H2,1-5H3;10H,5-9H2,1-4H3;9H,5-8H2,1-4H3;8H,5-7H2,1-4H3;7-8H2,1-6H3;7H,5-6H2,1-4H3;8H,6-7H2,1-5H3. The van der Waals surface area contributed by atoms with Gasteiger partial charge in [0.1, 0.15) is 91.1 Å². The first-order valence-corrected chi connectivity index (χ1v) is 47.2. The normalized spacial score (nSPS) is 15.3. The molecule has 1 fully saturated rings. The maximum Gasteiger partial charge on any atom is 0.401 e. The van der Waals surface area contributed by atoms with E-state index in [2.05, 4.69) is 0 Å². The Labute approximate surface area is 799 Å². The lowest BCUT2D eigenvalue weighted by molar-refractivity contribution is -0.229. The van der Waals surface area contributed by atoms with E-state index in [1.54, 1.807) is 83.1 Å². The number of alkyl halides is 18. The van der Waals surface area contributed by atoms with E-state index >= 15 is 0 Å². The van der Waals surface area contributed by atoms with Crippen LogP contribution >= 0.6 is 0 Å². The second kappa shape index (κ2) is 58.8. The maximum absolute atomic E-state index is 13.1. The van der Waals surface area contributed by atoms with Crippen molar-refractivity contribution in [1.29, 1.82) is 0 Å². The average molecular weight is 1990 g/mol. The lowest BCUT2D eigenvalue weighted by Gasteiger charge is -2.38. The predicted octanol–water partition coefficient (Wildman–Crippen LogP) is 29.2. The van der Waals surface area contributed by atoms with Gasteiger partial charge < -0.3 is 0 Å². The van der Waals surface area contributed by atoms with Crippen LogP contribution in [0.5, 0.6) is 0 Å². The van der Waals surface area contributed by atoms with Gasteiger partial charge in [-0.05, 0) is 113 Å². The van der Waals surface area contributed by atoms with Gasteiger partial charge in [0.05, 0.1) is 62.7 Å². The van der Waals surface area contributed by atoms with Gasteiger partial charge in [-0.2, -0.15) is 79.0 Å². The highest BCUT2D eigenvalue weighted by Gasteiger charge is 2.61. The van der Waals surface area contributed by atoms with E-state index < -0.39 is 183 Å². The summed E-state index contributed by atoms with van der Waals surface area (Å²) < 4.78 is 232. The Morgan fingerprint density at radius 1 is 0.287 bits per heavy atom. The van der Waals surface area contributed by atoms with Gasteiger partial charge in [-0.3, -0.25) is 76.7 Å². The molecule has 34 heteroatoms. The molecule has 0 heterocycles. The molecule has 1 atom stereocenters. The van der Waals surface area contributed by atoms with E-state index in [1.165, 1.54) is 62.3 Å². The van der Waals surface area contributed by atoms with E-state index in [0.717, 1.165) is 6.92 Å². The zero-order valence-electron chi connectivity index (χ0n) is 88.4. The van der Waals surface area contributed by atoms with Gasteiger partial charge in [-0.15, -0.1) is 0 Å². The summed E-state index contributed by atoms with van der Waals surface area (Å²) in [6.45, 7) is 59.8. The zero-order valence-corrected chi connectivity index (χ0v) is 88.4. The first-order chi connectivity index (χ1) is 60.4. The van der Waals surface area contributed by atoms with Crippen molar-refractivity contribution in [2.75, 3.05) is 0 Å². The number of hydrogen-bond donors (Lipinski definition) is 0. The van der Waals surface area contributed by atoms with Crippen LogP contribution in [0.3, 0.4) is 0 Å². The van der Waals surface area contributed by atoms with E-state index in [9.17, 15) is 156 Å². The van der Waals surface area contributed by atoms with Crippen LogP contribution < -0.4 is 0 Å². The fourth-order valence-corrected chi connectivity index (χ4v) is 13.9. The van der Waals surface area contributed by atoms with Crippen molar-refractivity contribution in [1.82, 2.24) is 0 Å². The quantitative estimate of drug-likeness (QED) is 0.0406. The third-order valence-electron chi connectivity index (χ3n) is 24.4. The maximum atomic E-state index is 13.1. The zero-order chi connectivity index (χ0) is 110. The van der Waals surface area contributed by atoms with E-state index in [4.69, 9.17) is 0 Å². The number of hydrogen-bond acceptors (Lipinski definition) is 16. The summed E-state index contributed by atoms with van der Waals surface area (Å²) in [5.41, 5.74) is -13.5. The molecule has 0 spiro atoms. The summed E-state index contributed by atoms with van der Waals surface area (Å²) in [5, 5.41) is 0. The molecule has 0 saturated heterocycles. The molecule has 1 aliphatic carbocycles. The summed E-state index contributed by atoms with van der Waals surface area (Å²) in [6, 6.07) is 0. The van der Waals surface area contributed by atoms with Crippen molar-refractivity contribution in [2.24, 2.45) is 95.1 Å². The summed E-state index contributed by atoms with van der Waals surface area (Å²) in [6.07, 6.45) is -30.3. The van der Waals surface area contributed by atoms with Gasteiger partial charge in [0.15, 0.2) is 23.1 Å². The first kappa shape index (κ1) is 142. The summed E-state index contributed by atoms with van der Waals surface area (Å²) in [7, 11) is 0. The molecule has 1 aliphatic rings. The Kier molecular flexibility index (Phi) is 61.5. The molecule has 1 saturated carbocycles. The van der Waals surface area contributed by atoms with Crippen molar-refractivity contribution in [2.45, 2.75) is 460 Å². The highest BCUT2D eigenvalue weighted by Crippen LogP contribution is 2.52. The van der Waals surface area contributed by atoms with Crippen LogP contribution in [0, 0.1) is 95.1 Å². The van der Waals surface area contributed by atoms with Crippen molar-refractivity contribution < 1.29 is 156 Å². The van der Waals surface area contributed by atoms with Gasteiger partial charge in [0, 0.05) is 71.5 Å². The molecule has 0 bridgehead atoms. The third-order valence-corrected chi connectivity index (χ3v) is 24.4. The lowest BCUT2D eigenvalue weighted by Crippen LogP contribution is -2.45. The van der Waals surface area contributed by atoms with Crippen LogP contribution in [-0.2, 0) is 76.7 Å². The van der Waals surface area contributed by atoms with Gasteiger partial charge >= 0.3 is 37.1 Å². The van der Waals surface area contributed by atoms with Crippen LogP contribution in [0.25, 0.3) is 0 Å². The Morgan fingerprint density at radius 3 is 0.699 bits per heavy atom. The number of carbonyl (C=O) groups is 16. The molecule has 1 rings (SSSR count). The molecule has 1 unspecified atom stereocenters. The lowest BCUT2D eigenvalue weighted by atomic mass is 9.69. The van der Waals surface area contributed by atoms with Gasteiger partial charge in [0.25, 0.3) is 0 Å². The van der Waals surface area contributed by atoms with Gasteiger partial charge in [-0.1, -0.05) is 249 Å². The average Bonchev–Trinajstić information content (AvgIpc) is 0.774. The highest BCUT2D eigenvalue weighted by atomic mass is 19.4. The van der Waals surface area contributed by atoms with E-state index in [0.29, 0.717) is 31.6 Å². The van der Waals surface area contributed by atoms with Gasteiger partial charge in [0.2, 0.25) is 0 Å². The van der Waals surface area contributed by atoms with Crippen molar-refractivity contribution in [3.8, 4) is 0 Å². The minimum Gasteiger partial charge on any atom is -0.299 e. The minimum atomic E-state index is -4.60. The molecule has 0 aromatic heterocycles. The molecule has 798 valence electrons. The first-order valence-electron chi connectivity index (χ1n) is 47.2. The molecule has 0 aromatic carbocycles. The van der Waals surface area contributed by atoms with Crippen LogP contribution in [0.1, 0.15) is 423 Å². The number of halogens is 18. The fraction of sp³-hybridized carbons (Fsp3) is 0.843. The summed E-state index contributed by atoms with van der Waals surface area (Å²) in [5.74, 6) is -9.18. The van der Waals surface area contributed by atoms with E-state index in [1.807, 2.05) is 96.9 Å². The molecule has 0 amide bonds. The largest absolute Gasteiger partial charge is 0.401 e. The Morgan fingerprint density at radius 2 is 0.500 bits per heavy atom. The Balaban J connectivity index is -0.000000281. The van der Waals surface area contributed by atoms with E-state index in [-0.39, 0.29) is 184 Å². The van der Waals surface area contributed by atoms with Crippen LogP contribution in [0.15, 0.2) is 0 Å². The molecular formula is C102H168F18O16. The molecule has 0 aromatic rings. The number of Topliss-reactive ketones (excluding diaryl/α,β-unsaturated/α-hetero) is 16. The monoisotopic (exact) mass is 1990 g/mol. The second-order valence-electron chi connectivity index (χ2n) is 43.9. The third kappa shape index (κ3) is 51.8. The van der Waals surface area contributed by atoms with Crippen molar-refractivity contribution >= 4 is 92.5 Å². The SMILES string of the molecule is CC(C)(C)C(=O)CC(=O)C1CCC(C)(C(F)(F)F)CC1.CC(C)(C)CC(=O)CC(=O)C(C)(C)C.CC(C)CC(=O)CC(=O)C(C)(C)C.CC(CC(=O)CC(=O)C(C)(C)C)C(F)(F)F.CCC(CC)(C(=O)CC(=O)C(C)C)C(F)(F)F.CCC(CC)(C(=O)CC(=O)CC(C)(C)C)C(F)(F)F.CCC(CC)(C(=O)CC(=O)CC(C)C)C(F)(F)F.CCC(CC)C(=O)CC(=O)C(CC)(CC)C(F)(F)F. The fourth-order valence-electron chi connectivity index (χ4n) is 13.9. The number of ketones is 16. The molecule has 16 nitrogen and oxygen atoms in total. The summed E-state index contributed by atoms with van der Waals surface area (Å²) in [4.78, 5) is 186. The number of rotatable bonds is 41. The molecule has 136 heavy (non-hydrogen) atoms. The molecule has 0 aliphatic heterocycles. The topological polar surface area (TPSA) is 273 Å².